The third-order valence-corrected chi connectivity index (χ3v) is 2.03. The summed E-state index contributed by atoms with van der Waals surface area (Å²) in [4.78, 5) is 10.9. The van der Waals surface area contributed by atoms with Crippen LogP contribution >= 0.6 is 0 Å². The van der Waals surface area contributed by atoms with Crippen LogP contribution in [0.3, 0.4) is 0 Å². The van der Waals surface area contributed by atoms with Crippen LogP contribution in [0, 0.1) is 0 Å². The maximum atomic E-state index is 10.9. The van der Waals surface area contributed by atoms with E-state index in [0.29, 0.717) is 5.69 Å². The summed E-state index contributed by atoms with van der Waals surface area (Å²) in [5.41, 5.74) is 0.189. The van der Waals surface area contributed by atoms with Crippen LogP contribution in [0.25, 0.3) is 0 Å². The first-order valence-electron chi connectivity index (χ1n) is 4.67. The second-order valence-electron chi connectivity index (χ2n) is 4.02. The maximum Gasteiger partial charge on any atom is 0.337 e. The quantitative estimate of drug-likeness (QED) is 0.704. The minimum Gasteiger partial charge on any atom is -0.478 e. The van der Waals surface area contributed by atoms with Crippen LogP contribution in [-0.4, -0.2) is 28.3 Å². The van der Waals surface area contributed by atoms with E-state index in [4.69, 9.17) is 10.2 Å². The molecule has 0 saturated carbocycles. The van der Waals surface area contributed by atoms with Crippen LogP contribution < -0.4 is 5.32 Å². The molecule has 1 rings (SSSR count). The average Bonchev–Trinajstić information content (AvgIpc) is 2.18. The molecule has 0 bridgehead atoms. The van der Waals surface area contributed by atoms with E-state index in [0.717, 1.165) is 0 Å². The largest absolute Gasteiger partial charge is 0.478 e. The summed E-state index contributed by atoms with van der Waals surface area (Å²) in [5.74, 6) is -0.980. The van der Waals surface area contributed by atoms with Crippen molar-refractivity contribution < 1.29 is 15.0 Å². The Morgan fingerprint density at radius 2 is 2.00 bits per heavy atom. The molecule has 0 heterocycles. The van der Waals surface area contributed by atoms with Gasteiger partial charge in [0.25, 0.3) is 0 Å². The number of aliphatic hydroxyl groups excluding tert-OH is 1. The molecule has 15 heavy (non-hydrogen) atoms. The number of para-hydroxylation sites is 1. The van der Waals surface area contributed by atoms with Crippen LogP contribution in [0.2, 0.25) is 0 Å². The van der Waals surface area contributed by atoms with Gasteiger partial charge < -0.3 is 15.5 Å². The molecule has 0 spiro atoms. The van der Waals surface area contributed by atoms with Crippen LogP contribution in [0.1, 0.15) is 24.2 Å². The Hall–Kier alpha value is -1.55. The van der Waals surface area contributed by atoms with Crippen molar-refractivity contribution >= 4 is 11.7 Å². The Balaban J connectivity index is 2.99. The van der Waals surface area contributed by atoms with Gasteiger partial charge in [-0.1, -0.05) is 12.1 Å². The summed E-state index contributed by atoms with van der Waals surface area (Å²) < 4.78 is 0. The summed E-state index contributed by atoms with van der Waals surface area (Å²) in [6, 6.07) is 6.63. The summed E-state index contributed by atoms with van der Waals surface area (Å²) >= 11 is 0. The summed E-state index contributed by atoms with van der Waals surface area (Å²) in [6.07, 6.45) is 0. The average molecular weight is 209 g/mol. The second kappa shape index (κ2) is 4.31. The highest BCUT2D eigenvalue weighted by molar-refractivity contribution is 5.94. The van der Waals surface area contributed by atoms with Gasteiger partial charge in [0.15, 0.2) is 0 Å². The number of aromatic carboxylic acids is 1. The lowest BCUT2D eigenvalue weighted by molar-refractivity contribution is 0.0697. The number of anilines is 1. The van der Waals surface area contributed by atoms with Gasteiger partial charge in [-0.3, -0.25) is 0 Å². The van der Waals surface area contributed by atoms with Crippen molar-refractivity contribution in [2.75, 3.05) is 11.9 Å². The molecule has 4 heteroatoms. The fourth-order valence-electron chi connectivity index (χ4n) is 1.18. The van der Waals surface area contributed by atoms with E-state index < -0.39 is 11.5 Å². The first kappa shape index (κ1) is 11.5. The van der Waals surface area contributed by atoms with E-state index in [2.05, 4.69) is 5.32 Å². The summed E-state index contributed by atoms with van der Waals surface area (Å²) in [5, 5.41) is 21.0. The number of aliphatic hydroxyl groups is 1. The SMILES string of the molecule is CC(C)(CO)Nc1ccccc1C(=O)O. The van der Waals surface area contributed by atoms with Gasteiger partial charge in [0.1, 0.15) is 0 Å². The lowest BCUT2D eigenvalue weighted by atomic mass is 10.1. The predicted octanol–water partition coefficient (Wildman–Crippen LogP) is 1.57. The van der Waals surface area contributed by atoms with Crippen molar-refractivity contribution in [1.29, 1.82) is 0 Å². The molecule has 0 aliphatic carbocycles. The van der Waals surface area contributed by atoms with Crippen molar-refractivity contribution in [1.82, 2.24) is 0 Å². The third kappa shape index (κ3) is 2.95. The Kier molecular flexibility index (Phi) is 3.31. The molecule has 1 aromatic rings. The second-order valence-corrected chi connectivity index (χ2v) is 4.02. The Labute approximate surface area is 88.6 Å². The van der Waals surface area contributed by atoms with Crippen molar-refractivity contribution in [3.63, 3.8) is 0 Å². The van der Waals surface area contributed by atoms with Crippen molar-refractivity contribution in [2.45, 2.75) is 19.4 Å². The van der Waals surface area contributed by atoms with Crippen LogP contribution in [0.5, 0.6) is 0 Å². The highest BCUT2D eigenvalue weighted by Crippen LogP contribution is 2.19. The lowest BCUT2D eigenvalue weighted by Gasteiger charge is -2.25. The molecule has 0 atom stereocenters. The van der Waals surface area contributed by atoms with Crippen molar-refractivity contribution in [3.05, 3.63) is 29.8 Å². The zero-order valence-corrected chi connectivity index (χ0v) is 8.82. The van der Waals surface area contributed by atoms with E-state index in [1.54, 1.807) is 32.0 Å². The molecule has 0 radical (unpaired) electrons. The molecule has 3 N–H and O–H groups in total. The molecule has 0 amide bonds. The van der Waals surface area contributed by atoms with Gasteiger partial charge >= 0.3 is 5.97 Å². The van der Waals surface area contributed by atoms with Gasteiger partial charge in [0.05, 0.1) is 17.7 Å². The fraction of sp³-hybridized carbons (Fsp3) is 0.364. The van der Waals surface area contributed by atoms with Crippen LogP contribution in [-0.2, 0) is 0 Å². The Morgan fingerprint density at radius 3 is 2.53 bits per heavy atom. The standard InChI is InChI=1S/C11H15NO3/c1-11(2,7-13)12-9-6-4-3-5-8(9)10(14)15/h3-6,12-13H,7H2,1-2H3,(H,14,15). The summed E-state index contributed by atoms with van der Waals surface area (Å²) in [6.45, 7) is 3.53. The lowest BCUT2D eigenvalue weighted by Crippen LogP contribution is -2.35. The number of carboxylic acids is 1. The first-order chi connectivity index (χ1) is 6.96. The van der Waals surface area contributed by atoms with Gasteiger partial charge in [0.2, 0.25) is 0 Å². The fourth-order valence-corrected chi connectivity index (χ4v) is 1.18. The zero-order chi connectivity index (χ0) is 11.5. The zero-order valence-electron chi connectivity index (χ0n) is 8.82. The monoisotopic (exact) mass is 209 g/mol. The molecule has 0 saturated heterocycles. The summed E-state index contributed by atoms with van der Waals surface area (Å²) in [7, 11) is 0. The minimum atomic E-state index is -0.980. The molecule has 0 aliphatic heterocycles. The van der Waals surface area contributed by atoms with E-state index in [1.807, 2.05) is 0 Å². The third-order valence-electron chi connectivity index (χ3n) is 2.03. The van der Waals surface area contributed by atoms with Crippen molar-refractivity contribution in [2.24, 2.45) is 0 Å². The molecule has 82 valence electrons. The molecule has 0 fully saturated rings. The smallest absolute Gasteiger partial charge is 0.337 e. The van der Waals surface area contributed by atoms with Gasteiger partial charge in [-0.2, -0.15) is 0 Å². The minimum absolute atomic E-state index is 0.0685. The molecule has 0 aromatic heterocycles. The van der Waals surface area contributed by atoms with Gasteiger partial charge in [-0.15, -0.1) is 0 Å². The normalized spacial score (nSPS) is 11.1. The molecule has 0 aliphatic rings. The van der Waals surface area contributed by atoms with Gasteiger partial charge in [-0.05, 0) is 26.0 Å². The predicted molar refractivity (Wildman–Crippen MR) is 58.2 cm³/mol. The van der Waals surface area contributed by atoms with Crippen LogP contribution in [0.15, 0.2) is 24.3 Å². The van der Waals surface area contributed by atoms with Gasteiger partial charge in [0, 0.05) is 5.69 Å². The van der Waals surface area contributed by atoms with Crippen LogP contribution in [0.4, 0.5) is 5.69 Å². The highest BCUT2D eigenvalue weighted by atomic mass is 16.4. The molecular formula is C11H15NO3. The highest BCUT2D eigenvalue weighted by Gasteiger charge is 2.18. The molecular weight excluding hydrogens is 194 g/mol. The number of carbonyl (C=O) groups is 1. The maximum absolute atomic E-state index is 10.9. The van der Waals surface area contributed by atoms with Gasteiger partial charge in [-0.25, -0.2) is 4.79 Å². The van der Waals surface area contributed by atoms with Crippen molar-refractivity contribution in [3.8, 4) is 0 Å². The number of nitrogens with one attached hydrogen (secondary N) is 1. The van der Waals surface area contributed by atoms with E-state index >= 15 is 0 Å². The number of benzene rings is 1. The number of hydrogen-bond acceptors (Lipinski definition) is 3. The van der Waals surface area contributed by atoms with E-state index in [-0.39, 0.29) is 12.2 Å². The number of carboxylic acid groups (broad SMARTS) is 1. The number of rotatable bonds is 4. The molecule has 1 aromatic carbocycles. The van der Waals surface area contributed by atoms with E-state index in [9.17, 15) is 4.79 Å². The molecule has 4 nitrogen and oxygen atoms in total. The van der Waals surface area contributed by atoms with E-state index in [1.165, 1.54) is 6.07 Å². The Bertz CT molecular complexity index is 361. The topological polar surface area (TPSA) is 69.6 Å². The first-order valence-corrected chi connectivity index (χ1v) is 4.67. The molecule has 0 unspecified atom stereocenters. The number of hydrogen-bond donors (Lipinski definition) is 3. The Morgan fingerprint density at radius 1 is 1.40 bits per heavy atom.